The van der Waals surface area contributed by atoms with Gasteiger partial charge in [-0.1, -0.05) is 48.5 Å². The summed E-state index contributed by atoms with van der Waals surface area (Å²) >= 11 is 0. The molecule has 0 unspecified atom stereocenters. The van der Waals surface area contributed by atoms with Gasteiger partial charge < -0.3 is 9.73 Å². The van der Waals surface area contributed by atoms with Crippen LogP contribution in [0.2, 0.25) is 0 Å². The summed E-state index contributed by atoms with van der Waals surface area (Å²) in [6, 6.07) is 23.8. The molecule has 0 aliphatic rings. The van der Waals surface area contributed by atoms with Gasteiger partial charge >= 0.3 is 0 Å². The number of nitrogens with one attached hydrogen (secondary N) is 2. The monoisotopic (exact) mass is 433 g/mol. The number of aryl methyl sites for hydroxylation is 1. The highest BCUT2D eigenvalue weighted by atomic mass is 32.2. The van der Waals surface area contributed by atoms with E-state index >= 15 is 0 Å². The zero-order chi connectivity index (χ0) is 21.8. The summed E-state index contributed by atoms with van der Waals surface area (Å²) < 4.78 is 33.5. The first kappa shape index (κ1) is 20.4. The van der Waals surface area contributed by atoms with Crippen LogP contribution in [0.25, 0.3) is 11.5 Å². The summed E-state index contributed by atoms with van der Waals surface area (Å²) in [6.45, 7) is 1.65. The second-order valence-electron chi connectivity index (χ2n) is 6.71. The van der Waals surface area contributed by atoms with Crippen molar-refractivity contribution in [3.8, 4) is 11.5 Å². The standard InChI is InChI=1S/C23H19N3O4S/c1-16-21(25-23(30-16)17-10-4-2-5-11-17)22(27)24-19-14-8-9-15-20(19)26-31(28,29)18-12-6-3-7-13-18/h2-15,26H,1H3,(H,24,27). The number of hydrogen-bond donors (Lipinski definition) is 2. The summed E-state index contributed by atoms with van der Waals surface area (Å²) in [7, 11) is -3.81. The third-order valence-electron chi connectivity index (χ3n) is 4.51. The molecule has 1 amide bonds. The maximum Gasteiger partial charge on any atom is 0.277 e. The molecule has 0 bridgehead atoms. The molecule has 3 aromatic carbocycles. The van der Waals surface area contributed by atoms with Crippen molar-refractivity contribution in [1.82, 2.24) is 4.98 Å². The van der Waals surface area contributed by atoms with Gasteiger partial charge in [-0.15, -0.1) is 0 Å². The average molecular weight is 433 g/mol. The normalized spacial score (nSPS) is 11.1. The molecule has 2 N–H and O–H groups in total. The third-order valence-corrected chi connectivity index (χ3v) is 5.89. The van der Waals surface area contributed by atoms with Crippen LogP contribution in [0.15, 0.2) is 94.2 Å². The lowest BCUT2D eigenvalue weighted by Crippen LogP contribution is -2.18. The maximum absolute atomic E-state index is 12.9. The molecule has 1 aromatic heterocycles. The Morgan fingerprint density at radius 2 is 1.42 bits per heavy atom. The predicted molar refractivity (Wildman–Crippen MR) is 118 cm³/mol. The number of carbonyl (C=O) groups is 1. The molecule has 0 saturated carbocycles. The Bertz CT molecular complexity index is 1320. The quantitative estimate of drug-likeness (QED) is 0.459. The third kappa shape index (κ3) is 4.49. The summed E-state index contributed by atoms with van der Waals surface area (Å²) in [5.41, 5.74) is 1.42. The second kappa shape index (κ2) is 8.45. The van der Waals surface area contributed by atoms with Crippen LogP contribution < -0.4 is 10.0 Å². The molecule has 0 atom stereocenters. The fourth-order valence-corrected chi connectivity index (χ4v) is 4.08. The molecule has 0 aliphatic heterocycles. The Labute approximate surface area is 179 Å². The number of nitrogens with zero attached hydrogens (tertiary/aromatic N) is 1. The first-order valence-electron chi connectivity index (χ1n) is 9.45. The number of rotatable bonds is 6. The molecule has 0 saturated heterocycles. The van der Waals surface area contributed by atoms with Crippen molar-refractivity contribution >= 4 is 27.3 Å². The van der Waals surface area contributed by atoms with Gasteiger partial charge in [0, 0.05) is 5.56 Å². The van der Waals surface area contributed by atoms with Crippen LogP contribution in [0.3, 0.4) is 0 Å². The summed E-state index contributed by atoms with van der Waals surface area (Å²) in [5.74, 6) is 0.190. The van der Waals surface area contributed by atoms with Crippen LogP contribution in [0, 0.1) is 6.92 Å². The zero-order valence-electron chi connectivity index (χ0n) is 16.6. The fraction of sp³-hybridized carbons (Fsp3) is 0.0435. The number of para-hydroxylation sites is 2. The van der Waals surface area contributed by atoms with Crippen molar-refractivity contribution in [3.63, 3.8) is 0 Å². The van der Waals surface area contributed by atoms with Gasteiger partial charge in [-0.3, -0.25) is 9.52 Å². The van der Waals surface area contributed by atoms with Crippen molar-refractivity contribution < 1.29 is 17.6 Å². The van der Waals surface area contributed by atoms with Crippen LogP contribution in [-0.2, 0) is 10.0 Å². The van der Waals surface area contributed by atoms with Gasteiger partial charge in [-0.25, -0.2) is 13.4 Å². The van der Waals surface area contributed by atoms with Gasteiger partial charge in [0.15, 0.2) is 5.69 Å². The minimum absolute atomic E-state index is 0.121. The Hall–Kier alpha value is -3.91. The van der Waals surface area contributed by atoms with Gasteiger partial charge in [0.1, 0.15) is 5.76 Å². The molecule has 8 heteroatoms. The smallest absolute Gasteiger partial charge is 0.277 e. The number of hydrogen-bond acceptors (Lipinski definition) is 5. The van der Waals surface area contributed by atoms with Gasteiger partial charge in [0.05, 0.1) is 16.3 Å². The maximum atomic E-state index is 12.9. The molecule has 0 aliphatic carbocycles. The zero-order valence-corrected chi connectivity index (χ0v) is 17.4. The van der Waals surface area contributed by atoms with Crippen molar-refractivity contribution in [1.29, 1.82) is 0 Å². The Morgan fingerprint density at radius 1 is 0.839 bits per heavy atom. The molecule has 156 valence electrons. The van der Waals surface area contributed by atoms with Gasteiger partial charge in [0.25, 0.3) is 15.9 Å². The number of benzene rings is 3. The SMILES string of the molecule is Cc1oc(-c2ccccc2)nc1C(=O)Nc1ccccc1NS(=O)(=O)c1ccccc1. The minimum atomic E-state index is -3.81. The number of oxazole rings is 1. The summed E-state index contributed by atoms with van der Waals surface area (Å²) in [5, 5.41) is 2.72. The van der Waals surface area contributed by atoms with Crippen LogP contribution >= 0.6 is 0 Å². The van der Waals surface area contributed by atoms with E-state index in [-0.39, 0.29) is 16.3 Å². The molecular formula is C23H19N3O4S. The lowest BCUT2D eigenvalue weighted by Gasteiger charge is -2.13. The van der Waals surface area contributed by atoms with E-state index in [1.54, 1.807) is 49.4 Å². The topological polar surface area (TPSA) is 101 Å². The molecule has 0 radical (unpaired) electrons. The van der Waals surface area contributed by atoms with Crippen molar-refractivity contribution in [3.05, 3.63) is 96.4 Å². The van der Waals surface area contributed by atoms with Gasteiger partial charge in [-0.2, -0.15) is 0 Å². The van der Waals surface area contributed by atoms with E-state index < -0.39 is 15.9 Å². The number of aromatic nitrogens is 1. The van der Waals surface area contributed by atoms with E-state index in [4.69, 9.17) is 4.42 Å². The van der Waals surface area contributed by atoms with Crippen molar-refractivity contribution in [2.24, 2.45) is 0 Å². The molecule has 0 spiro atoms. The number of anilines is 2. The second-order valence-corrected chi connectivity index (χ2v) is 8.39. The number of amides is 1. The summed E-state index contributed by atoms with van der Waals surface area (Å²) in [6.07, 6.45) is 0. The van der Waals surface area contributed by atoms with E-state index in [9.17, 15) is 13.2 Å². The van der Waals surface area contributed by atoms with Crippen molar-refractivity contribution in [2.75, 3.05) is 10.0 Å². The lowest BCUT2D eigenvalue weighted by molar-refractivity contribution is 0.102. The van der Waals surface area contributed by atoms with Crippen LogP contribution in [0.5, 0.6) is 0 Å². The summed E-state index contributed by atoms with van der Waals surface area (Å²) in [4.78, 5) is 17.3. The Balaban J connectivity index is 1.59. The minimum Gasteiger partial charge on any atom is -0.441 e. The lowest BCUT2D eigenvalue weighted by atomic mass is 10.2. The largest absolute Gasteiger partial charge is 0.441 e. The van der Waals surface area contributed by atoms with Crippen molar-refractivity contribution in [2.45, 2.75) is 11.8 Å². The number of carbonyl (C=O) groups excluding carboxylic acids is 1. The fourth-order valence-electron chi connectivity index (χ4n) is 2.98. The highest BCUT2D eigenvalue weighted by molar-refractivity contribution is 7.92. The van der Waals surface area contributed by atoms with Gasteiger partial charge in [-0.05, 0) is 43.3 Å². The van der Waals surface area contributed by atoms with Gasteiger partial charge in [0.2, 0.25) is 5.89 Å². The van der Waals surface area contributed by atoms with E-state index in [0.717, 1.165) is 5.56 Å². The molecule has 31 heavy (non-hydrogen) atoms. The molecule has 0 fully saturated rings. The van der Waals surface area contributed by atoms with Crippen LogP contribution in [-0.4, -0.2) is 19.3 Å². The Morgan fingerprint density at radius 3 is 2.10 bits per heavy atom. The van der Waals surface area contributed by atoms with E-state index in [2.05, 4.69) is 15.0 Å². The Kier molecular flexibility index (Phi) is 5.55. The molecule has 1 heterocycles. The van der Waals surface area contributed by atoms with Crippen LogP contribution in [0.1, 0.15) is 16.2 Å². The van der Waals surface area contributed by atoms with E-state index in [1.165, 1.54) is 12.1 Å². The highest BCUT2D eigenvalue weighted by Gasteiger charge is 2.21. The first-order chi connectivity index (χ1) is 14.9. The van der Waals surface area contributed by atoms with E-state index in [0.29, 0.717) is 17.3 Å². The molecule has 4 rings (SSSR count). The first-order valence-corrected chi connectivity index (χ1v) is 10.9. The predicted octanol–water partition coefficient (Wildman–Crippen LogP) is 4.70. The van der Waals surface area contributed by atoms with Crippen LogP contribution in [0.4, 0.5) is 11.4 Å². The molecule has 7 nitrogen and oxygen atoms in total. The average Bonchev–Trinajstić information content (AvgIpc) is 3.18. The molecule has 4 aromatic rings. The number of sulfonamides is 1. The highest BCUT2D eigenvalue weighted by Crippen LogP contribution is 2.26. The van der Waals surface area contributed by atoms with E-state index in [1.807, 2.05) is 30.3 Å². The molecular weight excluding hydrogens is 414 g/mol.